The Morgan fingerprint density at radius 3 is 2.79 bits per heavy atom. The molecule has 0 spiro atoms. The first-order chi connectivity index (χ1) is 13.4. The van der Waals surface area contributed by atoms with Crippen molar-refractivity contribution in [3.05, 3.63) is 47.9 Å². The Hall–Kier alpha value is -3.29. The number of rotatable bonds is 4. The lowest BCUT2D eigenvalue weighted by atomic mass is 10.1. The summed E-state index contributed by atoms with van der Waals surface area (Å²) < 4.78 is 20.3. The van der Waals surface area contributed by atoms with Gasteiger partial charge >= 0.3 is 0 Å². The minimum Gasteiger partial charge on any atom is -0.434 e. The minimum atomic E-state index is -0.658. The molecule has 144 valence electrons. The van der Waals surface area contributed by atoms with E-state index in [-0.39, 0.29) is 29.3 Å². The predicted octanol–water partition coefficient (Wildman–Crippen LogP) is 2.75. The van der Waals surface area contributed by atoms with Gasteiger partial charge in [0.15, 0.2) is 11.2 Å². The number of aromatic nitrogens is 2. The van der Waals surface area contributed by atoms with Gasteiger partial charge in [0.05, 0.1) is 5.56 Å². The molecular weight excluding hydrogens is 363 g/mol. The zero-order valence-electron chi connectivity index (χ0n) is 15.3. The highest BCUT2D eigenvalue weighted by molar-refractivity contribution is 5.95. The van der Waals surface area contributed by atoms with E-state index in [1.165, 1.54) is 17.0 Å². The van der Waals surface area contributed by atoms with Crippen LogP contribution >= 0.6 is 0 Å². The first-order valence-corrected chi connectivity index (χ1v) is 9.02. The normalized spacial score (nSPS) is 19.1. The van der Waals surface area contributed by atoms with Crippen LogP contribution in [-0.2, 0) is 4.79 Å². The summed E-state index contributed by atoms with van der Waals surface area (Å²) in [6.45, 7) is 0. The maximum absolute atomic E-state index is 14.7. The molecule has 2 atom stereocenters. The summed E-state index contributed by atoms with van der Waals surface area (Å²) in [5.41, 5.74) is 6.67. The number of carbonyl (C=O) groups is 2. The number of nitrogens with two attached hydrogens (primary N) is 1. The van der Waals surface area contributed by atoms with E-state index < -0.39 is 11.7 Å². The van der Waals surface area contributed by atoms with Gasteiger partial charge in [-0.15, -0.1) is 0 Å². The zero-order chi connectivity index (χ0) is 19.8. The molecule has 28 heavy (non-hydrogen) atoms. The fourth-order valence-corrected chi connectivity index (χ4v) is 3.64. The van der Waals surface area contributed by atoms with Crippen LogP contribution in [0.15, 0.2) is 40.9 Å². The standard InChI is InChI=1S/C20H19FN4O3/c1-25(13-6-4-11(9-13)17(22)26)20(27)14-7-5-12(10-15(14)21)19-24-18-16(28-19)3-2-8-23-18/h2-3,5,7-8,10-11,13H,4,6,9H2,1H3,(H2,22,26)/t11-,13+/m0/s1. The SMILES string of the molecule is CN(C(=O)c1ccc(-c2nc3ncccc3o2)cc1F)[C@@H]1CC[C@H](C(N)=O)C1. The van der Waals surface area contributed by atoms with E-state index in [0.717, 1.165) is 0 Å². The van der Waals surface area contributed by atoms with E-state index in [1.807, 2.05) is 0 Å². The number of nitrogens with zero attached hydrogens (tertiary/aromatic N) is 3. The number of benzene rings is 1. The van der Waals surface area contributed by atoms with Gasteiger partial charge in [0.2, 0.25) is 11.8 Å². The van der Waals surface area contributed by atoms with Crippen molar-refractivity contribution in [3.8, 4) is 11.5 Å². The first kappa shape index (κ1) is 18.1. The Balaban J connectivity index is 1.55. The average molecular weight is 382 g/mol. The molecule has 8 heteroatoms. The number of primary amides is 1. The lowest BCUT2D eigenvalue weighted by Crippen LogP contribution is -2.36. The smallest absolute Gasteiger partial charge is 0.256 e. The summed E-state index contributed by atoms with van der Waals surface area (Å²) in [7, 11) is 1.62. The number of pyridine rings is 1. The number of amides is 2. The summed E-state index contributed by atoms with van der Waals surface area (Å²) in [5, 5.41) is 0. The maximum atomic E-state index is 14.7. The van der Waals surface area contributed by atoms with Gasteiger partial charge in [-0.3, -0.25) is 9.59 Å². The maximum Gasteiger partial charge on any atom is 0.256 e. The number of fused-ring (bicyclic) bond motifs is 1. The van der Waals surface area contributed by atoms with Crippen LogP contribution in [0.25, 0.3) is 22.7 Å². The molecule has 0 aliphatic heterocycles. The van der Waals surface area contributed by atoms with Gasteiger partial charge in [-0.25, -0.2) is 9.37 Å². The molecule has 1 saturated carbocycles. The molecule has 2 heterocycles. The molecule has 0 bridgehead atoms. The third kappa shape index (κ3) is 3.21. The summed E-state index contributed by atoms with van der Waals surface area (Å²) in [6, 6.07) is 7.56. The summed E-state index contributed by atoms with van der Waals surface area (Å²) in [6.07, 6.45) is 3.42. The molecule has 4 rings (SSSR count). The monoisotopic (exact) mass is 382 g/mol. The van der Waals surface area contributed by atoms with Crippen LogP contribution in [-0.4, -0.2) is 39.8 Å². The zero-order valence-corrected chi connectivity index (χ0v) is 15.3. The molecule has 1 aromatic carbocycles. The highest BCUT2D eigenvalue weighted by Gasteiger charge is 2.33. The lowest BCUT2D eigenvalue weighted by molar-refractivity contribution is -0.121. The van der Waals surface area contributed by atoms with E-state index in [4.69, 9.17) is 10.2 Å². The van der Waals surface area contributed by atoms with Crippen molar-refractivity contribution in [2.75, 3.05) is 7.05 Å². The van der Waals surface area contributed by atoms with Crippen molar-refractivity contribution in [1.82, 2.24) is 14.9 Å². The largest absolute Gasteiger partial charge is 0.434 e. The number of oxazole rings is 1. The molecule has 0 saturated heterocycles. The number of hydrogen-bond acceptors (Lipinski definition) is 5. The molecule has 1 fully saturated rings. The molecule has 2 amide bonds. The minimum absolute atomic E-state index is 0.0389. The van der Waals surface area contributed by atoms with Crippen LogP contribution in [0.5, 0.6) is 0 Å². The average Bonchev–Trinajstić information content (AvgIpc) is 3.34. The van der Waals surface area contributed by atoms with Crippen molar-refractivity contribution in [2.45, 2.75) is 25.3 Å². The Kier molecular flexibility index (Phi) is 4.54. The molecule has 0 unspecified atom stereocenters. The van der Waals surface area contributed by atoms with E-state index >= 15 is 0 Å². The molecule has 0 radical (unpaired) electrons. The third-order valence-electron chi connectivity index (χ3n) is 5.29. The van der Waals surface area contributed by atoms with Gasteiger partial charge in [-0.2, -0.15) is 4.98 Å². The predicted molar refractivity (Wildman–Crippen MR) is 99.6 cm³/mol. The topological polar surface area (TPSA) is 102 Å². The summed E-state index contributed by atoms with van der Waals surface area (Å²) in [4.78, 5) is 33.9. The molecule has 2 N–H and O–H groups in total. The second-order valence-electron chi connectivity index (χ2n) is 7.02. The second-order valence-corrected chi connectivity index (χ2v) is 7.02. The Labute approximate surface area is 160 Å². The molecular formula is C20H19FN4O3. The van der Waals surface area contributed by atoms with Crippen molar-refractivity contribution in [3.63, 3.8) is 0 Å². The van der Waals surface area contributed by atoms with Gasteiger partial charge in [0, 0.05) is 30.8 Å². The Morgan fingerprint density at radius 2 is 2.11 bits per heavy atom. The Bertz CT molecular complexity index is 1030. The quantitative estimate of drug-likeness (QED) is 0.747. The number of halogens is 1. The number of carbonyl (C=O) groups excluding carboxylic acids is 2. The number of hydrogen-bond donors (Lipinski definition) is 1. The van der Waals surface area contributed by atoms with Crippen LogP contribution in [0.4, 0.5) is 4.39 Å². The van der Waals surface area contributed by atoms with Crippen molar-refractivity contribution in [1.29, 1.82) is 0 Å². The van der Waals surface area contributed by atoms with Crippen molar-refractivity contribution >= 4 is 23.0 Å². The molecule has 7 nitrogen and oxygen atoms in total. The van der Waals surface area contributed by atoms with Gasteiger partial charge < -0.3 is 15.1 Å². The Morgan fingerprint density at radius 1 is 1.29 bits per heavy atom. The second kappa shape index (κ2) is 7.03. The van der Waals surface area contributed by atoms with Crippen LogP contribution < -0.4 is 5.73 Å². The van der Waals surface area contributed by atoms with Crippen LogP contribution in [0.2, 0.25) is 0 Å². The van der Waals surface area contributed by atoms with Gasteiger partial charge in [0.1, 0.15) is 5.82 Å². The van der Waals surface area contributed by atoms with Gasteiger partial charge in [-0.1, -0.05) is 0 Å². The summed E-state index contributed by atoms with van der Waals surface area (Å²) >= 11 is 0. The molecule has 3 aromatic rings. The summed E-state index contributed by atoms with van der Waals surface area (Å²) in [5.74, 6) is -1.44. The molecule has 2 aromatic heterocycles. The fourth-order valence-electron chi connectivity index (χ4n) is 3.64. The lowest BCUT2D eigenvalue weighted by Gasteiger charge is -2.25. The van der Waals surface area contributed by atoms with E-state index in [9.17, 15) is 14.0 Å². The van der Waals surface area contributed by atoms with E-state index in [2.05, 4.69) is 9.97 Å². The van der Waals surface area contributed by atoms with Crippen LogP contribution in [0.3, 0.4) is 0 Å². The van der Waals surface area contributed by atoms with E-state index in [1.54, 1.807) is 31.4 Å². The van der Waals surface area contributed by atoms with Gasteiger partial charge in [0.25, 0.3) is 5.91 Å². The highest BCUT2D eigenvalue weighted by atomic mass is 19.1. The first-order valence-electron chi connectivity index (χ1n) is 9.02. The molecule has 1 aliphatic rings. The fraction of sp³-hybridized carbons (Fsp3) is 0.300. The van der Waals surface area contributed by atoms with Crippen molar-refractivity contribution in [2.24, 2.45) is 11.7 Å². The third-order valence-corrected chi connectivity index (χ3v) is 5.29. The van der Waals surface area contributed by atoms with E-state index in [0.29, 0.717) is 36.1 Å². The molecule has 1 aliphatic carbocycles. The van der Waals surface area contributed by atoms with Crippen molar-refractivity contribution < 1.29 is 18.4 Å². The van der Waals surface area contributed by atoms with Crippen LogP contribution in [0.1, 0.15) is 29.6 Å². The van der Waals surface area contributed by atoms with Crippen LogP contribution in [0, 0.1) is 11.7 Å². The van der Waals surface area contributed by atoms with Gasteiger partial charge in [-0.05, 0) is 49.6 Å². The highest BCUT2D eigenvalue weighted by Crippen LogP contribution is 2.30.